The number of carbonyl (C=O) groups is 3. The van der Waals surface area contributed by atoms with Crippen LogP contribution in [0.15, 0.2) is 0 Å². The van der Waals surface area contributed by atoms with E-state index in [1.807, 2.05) is 0 Å². The van der Waals surface area contributed by atoms with E-state index in [-0.39, 0.29) is 12.6 Å². The van der Waals surface area contributed by atoms with Gasteiger partial charge in [-0.25, -0.2) is 20.1 Å². The number of amides is 4. The maximum atomic E-state index is 12.0. The van der Waals surface area contributed by atoms with E-state index in [4.69, 9.17) is 9.94 Å². The minimum absolute atomic E-state index is 0.0343. The highest BCUT2D eigenvalue weighted by Gasteiger charge is 2.46. The normalized spacial score (nSPS) is 25.7. The molecular weight excluding hydrogens is 284 g/mol. The Balaban J connectivity index is 1.79. The van der Waals surface area contributed by atoms with Crippen molar-refractivity contribution in [2.45, 2.75) is 37.9 Å². The zero-order chi connectivity index (χ0) is 15.6. The number of hydrogen-bond acceptors (Lipinski definition) is 5. The average Bonchev–Trinajstić information content (AvgIpc) is 2.63. The largest absolute Gasteiger partial charge is 0.465 e. The molecule has 2 heterocycles. The lowest BCUT2D eigenvalue weighted by atomic mass is 10.0. The van der Waals surface area contributed by atoms with Crippen LogP contribution in [0.3, 0.4) is 0 Å². The Morgan fingerprint density at radius 2 is 2.19 bits per heavy atom. The highest BCUT2D eigenvalue weighted by atomic mass is 16.7. The molecule has 21 heavy (non-hydrogen) atoms. The summed E-state index contributed by atoms with van der Waals surface area (Å²) >= 11 is 0. The van der Waals surface area contributed by atoms with E-state index in [0.29, 0.717) is 24.4 Å². The molecule has 3 atom stereocenters. The standard InChI is InChI=1S/C11H18N4O6/c1-6(12-10(17)18)5-21-13-9(16)8-3-2-7-4-14(8)11(19)15(7)20/h6-8,12,20H,2-5H2,1H3,(H,13,16)(H,17,18)/t6?,7-,8+/m1/s1. The van der Waals surface area contributed by atoms with Crippen molar-refractivity contribution in [2.24, 2.45) is 0 Å². The van der Waals surface area contributed by atoms with Crippen molar-refractivity contribution in [3.05, 3.63) is 0 Å². The van der Waals surface area contributed by atoms with Crippen LogP contribution in [-0.2, 0) is 9.63 Å². The predicted octanol–water partition coefficient (Wildman–Crippen LogP) is -0.652. The number of piperidine rings is 1. The van der Waals surface area contributed by atoms with Gasteiger partial charge in [0.1, 0.15) is 6.04 Å². The van der Waals surface area contributed by atoms with E-state index in [1.54, 1.807) is 6.92 Å². The van der Waals surface area contributed by atoms with Crippen molar-refractivity contribution in [2.75, 3.05) is 13.2 Å². The molecule has 2 rings (SSSR count). The molecule has 0 saturated carbocycles. The Kier molecular flexibility index (Phi) is 4.48. The quantitative estimate of drug-likeness (QED) is 0.394. The summed E-state index contributed by atoms with van der Waals surface area (Å²) in [6, 6.07) is -2.02. The molecule has 4 amide bonds. The van der Waals surface area contributed by atoms with Crippen LogP contribution >= 0.6 is 0 Å². The molecule has 4 N–H and O–H groups in total. The highest BCUT2D eigenvalue weighted by molar-refractivity contribution is 5.87. The van der Waals surface area contributed by atoms with E-state index in [0.717, 1.165) is 0 Å². The predicted molar refractivity (Wildman–Crippen MR) is 67.3 cm³/mol. The number of nitrogens with one attached hydrogen (secondary N) is 2. The zero-order valence-electron chi connectivity index (χ0n) is 11.5. The topological polar surface area (TPSA) is 131 Å². The summed E-state index contributed by atoms with van der Waals surface area (Å²) in [7, 11) is 0. The number of hydrogen-bond donors (Lipinski definition) is 4. The Labute approximate surface area is 120 Å². The third-order valence-corrected chi connectivity index (χ3v) is 3.52. The second-order valence-corrected chi connectivity index (χ2v) is 5.15. The minimum Gasteiger partial charge on any atom is -0.465 e. The van der Waals surface area contributed by atoms with Gasteiger partial charge in [0.05, 0.1) is 18.7 Å². The summed E-state index contributed by atoms with van der Waals surface area (Å²) in [4.78, 5) is 40.3. The van der Waals surface area contributed by atoms with Crippen LogP contribution in [0.2, 0.25) is 0 Å². The molecule has 0 spiro atoms. The highest BCUT2D eigenvalue weighted by Crippen LogP contribution is 2.28. The number of carboxylic acid groups (broad SMARTS) is 1. The minimum atomic E-state index is -1.18. The number of carbonyl (C=O) groups excluding carboxylic acids is 2. The van der Waals surface area contributed by atoms with Gasteiger partial charge in [0.2, 0.25) is 0 Å². The fourth-order valence-electron chi connectivity index (χ4n) is 2.48. The zero-order valence-corrected chi connectivity index (χ0v) is 11.5. The Morgan fingerprint density at radius 3 is 2.86 bits per heavy atom. The van der Waals surface area contributed by atoms with Crippen molar-refractivity contribution < 1.29 is 29.5 Å². The maximum absolute atomic E-state index is 12.0. The van der Waals surface area contributed by atoms with Crippen LogP contribution in [0.5, 0.6) is 0 Å². The van der Waals surface area contributed by atoms with Gasteiger partial charge in [0.15, 0.2) is 0 Å². The molecule has 10 nitrogen and oxygen atoms in total. The molecule has 0 aromatic carbocycles. The van der Waals surface area contributed by atoms with Crippen LogP contribution < -0.4 is 10.8 Å². The van der Waals surface area contributed by atoms with Crippen LogP contribution in [0.1, 0.15) is 19.8 Å². The first kappa shape index (κ1) is 15.3. The third kappa shape index (κ3) is 3.34. The molecule has 2 saturated heterocycles. The third-order valence-electron chi connectivity index (χ3n) is 3.52. The van der Waals surface area contributed by atoms with Crippen molar-refractivity contribution >= 4 is 18.0 Å². The summed E-state index contributed by atoms with van der Waals surface area (Å²) in [5.41, 5.74) is 2.21. The van der Waals surface area contributed by atoms with Gasteiger partial charge < -0.3 is 15.3 Å². The molecule has 2 fully saturated rings. The molecule has 1 unspecified atom stereocenters. The van der Waals surface area contributed by atoms with Crippen molar-refractivity contribution in [1.29, 1.82) is 0 Å². The summed E-state index contributed by atoms with van der Waals surface area (Å²) in [6.07, 6.45) is -0.208. The molecular formula is C11H18N4O6. The SMILES string of the molecule is CC(CONC(=O)[C@@H]1CC[C@@H]2CN1C(=O)N2O)NC(=O)O. The molecule has 0 radical (unpaired) electrons. The molecule has 0 aromatic heterocycles. The van der Waals surface area contributed by atoms with E-state index < -0.39 is 30.1 Å². The number of urea groups is 1. The summed E-state index contributed by atoms with van der Waals surface area (Å²) in [5, 5.41) is 20.8. The maximum Gasteiger partial charge on any atom is 0.404 e. The van der Waals surface area contributed by atoms with Crippen LogP contribution in [0.4, 0.5) is 9.59 Å². The van der Waals surface area contributed by atoms with Gasteiger partial charge in [-0.2, -0.15) is 0 Å². The smallest absolute Gasteiger partial charge is 0.404 e. The van der Waals surface area contributed by atoms with Gasteiger partial charge in [0, 0.05) is 6.54 Å². The molecule has 0 aromatic rings. The first-order valence-electron chi connectivity index (χ1n) is 6.60. The number of nitrogens with zero attached hydrogens (tertiary/aromatic N) is 2. The molecule has 2 aliphatic heterocycles. The van der Waals surface area contributed by atoms with Crippen molar-refractivity contribution in [3.8, 4) is 0 Å². The van der Waals surface area contributed by atoms with Gasteiger partial charge in [-0.15, -0.1) is 0 Å². The second-order valence-electron chi connectivity index (χ2n) is 5.15. The lowest BCUT2D eigenvalue weighted by Gasteiger charge is -2.29. The van der Waals surface area contributed by atoms with Crippen molar-refractivity contribution in [3.63, 3.8) is 0 Å². The Hall–Kier alpha value is -2.07. The van der Waals surface area contributed by atoms with Crippen LogP contribution in [0, 0.1) is 0 Å². The number of fused-ring (bicyclic) bond motifs is 2. The number of hydroxylamine groups is 3. The van der Waals surface area contributed by atoms with Gasteiger partial charge in [-0.3, -0.25) is 14.8 Å². The Bertz CT molecular complexity index is 444. The summed E-state index contributed by atoms with van der Waals surface area (Å²) < 4.78 is 0. The second kappa shape index (κ2) is 6.14. The summed E-state index contributed by atoms with van der Waals surface area (Å²) in [5.74, 6) is -0.486. The first-order chi connectivity index (χ1) is 9.90. The van der Waals surface area contributed by atoms with E-state index in [9.17, 15) is 19.6 Å². The van der Waals surface area contributed by atoms with Gasteiger partial charge in [-0.1, -0.05) is 0 Å². The molecule has 2 bridgehead atoms. The molecule has 10 heteroatoms. The van der Waals surface area contributed by atoms with Crippen molar-refractivity contribution in [1.82, 2.24) is 20.8 Å². The van der Waals surface area contributed by atoms with E-state index in [1.165, 1.54) is 4.90 Å². The molecule has 0 aliphatic carbocycles. The fourth-order valence-corrected chi connectivity index (χ4v) is 2.48. The monoisotopic (exact) mass is 302 g/mol. The lowest BCUT2D eigenvalue weighted by Crippen LogP contribution is -2.50. The Morgan fingerprint density at radius 1 is 1.48 bits per heavy atom. The van der Waals surface area contributed by atoms with E-state index >= 15 is 0 Å². The van der Waals surface area contributed by atoms with Gasteiger partial charge in [-0.05, 0) is 19.8 Å². The van der Waals surface area contributed by atoms with E-state index in [2.05, 4.69) is 10.8 Å². The van der Waals surface area contributed by atoms with Gasteiger partial charge >= 0.3 is 12.1 Å². The average molecular weight is 302 g/mol. The fraction of sp³-hybridized carbons (Fsp3) is 0.727. The van der Waals surface area contributed by atoms with Gasteiger partial charge in [0.25, 0.3) is 5.91 Å². The molecule has 2 aliphatic rings. The number of rotatable bonds is 5. The van der Waals surface area contributed by atoms with Crippen LogP contribution in [-0.4, -0.2) is 69.6 Å². The summed E-state index contributed by atoms with van der Waals surface area (Å²) in [6.45, 7) is 1.86. The molecule has 118 valence electrons. The first-order valence-corrected chi connectivity index (χ1v) is 6.60. The lowest BCUT2D eigenvalue weighted by molar-refractivity contribution is -0.139. The van der Waals surface area contributed by atoms with Crippen LogP contribution in [0.25, 0.3) is 0 Å².